The molecule has 0 atom stereocenters. The van der Waals surface area contributed by atoms with Gasteiger partial charge in [0.25, 0.3) is 0 Å². The van der Waals surface area contributed by atoms with E-state index in [0.717, 1.165) is 34.5 Å². The van der Waals surface area contributed by atoms with Gasteiger partial charge in [-0.05, 0) is 35.7 Å². The van der Waals surface area contributed by atoms with Crippen molar-refractivity contribution in [3.8, 4) is 0 Å². The predicted molar refractivity (Wildman–Crippen MR) is 106 cm³/mol. The highest BCUT2D eigenvalue weighted by molar-refractivity contribution is 5.90. The van der Waals surface area contributed by atoms with Gasteiger partial charge in [0.1, 0.15) is 11.6 Å². The van der Waals surface area contributed by atoms with Gasteiger partial charge in [-0.1, -0.05) is 30.3 Å². The van der Waals surface area contributed by atoms with Crippen molar-refractivity contribution < 1.29 is 0 Å². The molecule has 2 aromatic heterocycles. The van der Waals surface area contributed by atoms with Gasteiger partial charge in [-0.25, -0.2) is 9.97 Å². The average Bonchev–Trinajstić information content (AvgIpc) is 2.68. The second kappa shape index (κ2) is 7.06. The molecule has 0 spiro atoms. The van der Waals surface area contributed by atoms with Gasteiger partial charge in [0.05, 0.1) is 5.52 Å². The molecule has 0 saturated carbocycles. The Hall–Kier alpha value is -3.05. The quantitative estimate of drug-likeness (QED) is 0.602. The van der Waals surface area contributed by atoms with Gasteiger partial charge < -0.3 is 10.6 Å². The van der Waals surface area contributed by atoms with Crippen molar-refractivity contribution in [2.24, 2.45) is 5.73 Å². The Morgan fingerprint density at radius 3 is 2.73 bits per heavy atom. The maximum absolute atomic E-state index is 5.72. The standard InChI is InChI=1S/C21H21N5/c1-26(14-16-6-4-5-15-13-23-12-10-17(15)16)21-18-7-2-3-8-19(18)24-20(25-21)9-11-22/h2-8,10,12-13H,9,11,14,22H2,1H3. The number of hydrogen-bond donors (Lipinski definition) is 1. The Kier molecular flexibility index (Phi) is 4.46. The van der Waals surface area contributed by atoms with Crippen LogP contribution in [0.5, 0.6) is 0 Å². The van der Waals surface area contributed by atoms with Gasteiger partial charge in [-0.3, -0.25) is 4.98 Å². The van der Waals surface area contributed by atoms with E-state index in [-0.39, 0.29) is 0 Å². The van der Waals surface area contributed by atoms with Crippen molar-refractivity contribution in [3.05, 3.63) is 72.3 Å². The summed E-state index contributed by atoms with van der Waals surface area (Å²) < 4.78 is 0. The zero-order valence-corrected chi connectivity index (χ0v) is 14.8. The summed E-state index contributed by atoms with van der Waals surface area (Å²) in [6.07, 6.45) is 4.41. The van der Waals surface area contributed by atoms with Gasteiger partial charge >= 0.3 is 0 Å². The molecule has 4 aromatic rings. The van der Waals surface area contributed by atoms with Crippen LogP contribution in [0.25, 0.3) is 21.7 Å². The van der Waals surface area contributed by atoms with E-state index in [9.17, 15) is 0 Å². The van der Waals surface area contributed by atoms with Crippen molar-refractivity contribution in [1.82, 2.24) is 15.0 Å². The lowest BCUT2D eigenvalue weighted by atomic mass is 10.1. The first-order valence-corrected chi connectivity index (χ1v) is 8.75. The maximum Gasteiger partial charge on any atom is 0.140 e. The highest BCUT2D eigenvalue weighted by atomic mass is 15.2. The monoisotopic (exact) mass is 343 g/mol. The molecule has 0 saturated heterocycles. The molecule has 2 heterocycles. The minimum absolute atomic E-state index is 0.540. The molecule has 0 aliphatic carbocycles. The van der Waals surface area contributed by atoms with E-state index >= 15 is 0 Å². The molecular formula is C21H21N5. The van der Waals surface area contributed by atoms with Crippen molar-refractivity contribution in [2.45, 2.75) is 13.0 Å². The molecular weight excluding hydrogens is 322 g/mol. The zero-order valence-electron chi connectivity index (χ0n) is 14.8. The Labute approximate surface area is 152 Å². The lowest BCUT2D eigenvalue weighted by Crippen LogP contribution is -2.20. The Morgan fingerprint density at radius 2 is 1.85 bits per heavy atom. The van der Waals surface area contributed by atoms with Gasteiger partial charge in [-0.15, -0.1) is 0 Å². The van der Waals surface area contributed by atoms with Crippen LogP contribution >= 0.6 is 0 Å². The van der Waals surface area contributed by atoms with E-state index < -0.39 is 0 Å². The minimum Gasteiger partial charge on any atom is -0.355 e. The van der Waals surface area contributed by atoms with Gasteiger partial charge in [-0.2, -0.15) is 0 Å². The molecule has 0 amide bonds. The number of aromatic nitrogens is 3. The van der Waals surface area contributed by atoms with Crippen molar-refractivity contribution >= 4 is 27.5 Å². The Balaban J connectivity index is 1.77. The zero-order chi connectivity index (χ0) is 17.9. The average molecular weight is 343 g/mol. The molecule has 2 aromatic carbocycles. The number of para-hydroxylation sites is 1. The summed E-state index contributed by atoms with van der Waals surface area (Å²) >= 11 is 0. The normalized spacial score (nSPS) is 11.2. The number of fused-ring (bicyclic) bond motifs is 2. The molecule has 5 heteroatoms. The highest BCUT2D eigenvalue weighted by Crippen LogP contribution is 2.26. The first-order chi connectivity index (χ1) is 12.8. The van der Waals surface area contributed by atoms with Crippen LogP contribution in [0, 0.1) is 0 Å². The molecule has 130 valence electrons. The first kappa shape index (κ1) is 16.4. The number of pyridine rings is 1. The van der Waals surface area contributed by atoms with Crippen LogP contribution in [0.3, 0.4) is 0 Å². The first-order valence-electron chi connectivity index (χ1n) is 8.75. The second-order valence-electron chi connectivity index (χ2n) is 6.39. The molecule has 0 aliphatic heterocycles. The third-order valence-electron chi connectivity index (χ3n) is 4.54. The van der Waals surface area contributed by atoms with E-state index in [1.807, 2.05) is 30.6 Å². The van der Waals surface area contributed by atoms with Crippen LogP contribution in [0.4, 0.5) is 5.82 Å². The van der Waals surface area contributed by atoms with E-state index in [1.54, 1.807) is 0 Å². The minimum atomic E-state index is 0.540. The SMILES string of the molecule is CN(Cc1cccc2cnccc12)c1nc(CCN)nc2ccccc12. The molecule has 4 rings (SSSR count). The topological polar surface area (TPSA) is 67.9 Å². The van der Waals surface area contributed by atoms with Gasteiger partial charge in [0.2, 0.25) is 0 Å². The molecule has 2 N–H and O–H groups in total. The number of nitrogens with zero attached hydrogens (tertiary/aromatic N) is 4. The Morgan fingerprint density at radius 1 is 0.962 bits per heavy atom. The summed E-state index contributed by atoms with van der Waals surface area (Å²) in [4.78, 5) is 15.8. The molecule has 0 radical (unpaired) electrons. The number of hydrogen-bond acceptors (Lipinski definition) is 5. The molecule has 0 unspecified atom stereocenters. The highest BCUT2D eigenvalue weighted by Gasteiger charge is 2.13. The van der Waals surface area contributed by atoms with Gasteiger partial charge in [0, 0.05) is 43.2 Å². The van der Waals surface area contributed by atoms with E-state index in [2.05, 4.69) is 52.2 Å². The fourth-order valence-corrected chi connectivity index (χ4v) is 3.30. The summed E-state index contributed by atoms with van der Waals surface area (Å²) in [7, 11) is 2.07. The second-order valence-corrected chi connectivity index (χ2v) is 6.39. The van der Waals surface area contributed by atoms with Gasteiger partial charge in [0.15, 0.2) is 0 Å². The maximum atomic E-state index is 5.72. The molecule has 0 fully saturated rings. The predicted octanol–water partition coefficient (Wildman–Crippen LogP) is 3.32. The molecule has 26 heavy (non-hydrogen) atoms. The summed E-state index contributed by atoms with van der Waals surface area (Å²) in [5.74, 6) is 1.72. The van der Waals surface area contributed by atoms with Crippen LogP contribution in [-0.4, -0.2) is 28.5 Å². The number of rotatable bonds is 5. The number of anilines is 1. The third-order valence-corrected chi connectivity index (χ3v) is 4.54. The summed E-state index contributed by atoms with van der Waals surface area (Å²) in [5, 5.41) is 3.42. The van der Waals surface area contributed by atoms with Crippen LogP contribution in [-0.2, 0) is 13.0 Å². The van der Waals surface area contributed by atoms with E-state index in [0.29, 0.717) is 13.0 Å². The molecule has 5 nitrogen and oxygen atoms in total. The summed E-state index contributed by atoms with van der Waals surface area (Å²) in [6, 6.07) is 16.5. The fraction of sp³-hybridized carbons (Fsp3) is 0.190. The largest absolute Gasteiger partial charge is 0.355 e. The van der Waals surface area contributed by atoms with Crippen molar-refractivity contribution in [3.63, 3.8) is 0 Å². The fourth-order valence-electron chi connectivity index (χ4n) is 3.30. The summed E-state index contributed by atoms with van der Waals surface area (Å²) in [6.45, 7) is 1.29. The van der Waals surface area contributed by atoms with Crippen LogP contribution in [0.15, 0.2) is 60.9 Å². The molecule has 0 bridgehead atoms. The van der Waals surface area contributed by atoms with E-state index in [1.165, 1.54) is 10.9 Å². The summed E-state index contributed by atoms with van der Waals surface area (Å²) in [5.41, 5.74) is 7.92. The lowest BCUT2D eigenvalue weighted by molar-refractivity contribution is 0.847. The molecule has 0 aliphatic rings. The number of benzene rings is 2. The van der Waals surface area contributed by atoms with E-state index in [4.69, 9.17) is 10.7 Å². The third kappa shape index (κ3) is 3.09. The van der Waals surface area contributed by atoms with Crippen LogP contribution in [0.1, 0.15) is 11.4 Å². The number of nitrogens with two attached hydrogens (primary N) is 1. The lowest BCUT2D eigenvalue weighted by Gasteiger charge is -2.21. The van der Waals surface area contributed by atoms with Crippen LogP contribution in [0.2, 0.25) is 0 Å². The van der Waals surface area contributed by atoms with Crippen LogP contribution < -0.4 is 10.6 Å². The smallest absolute Gasteiger partial charge is 0.140 e. The van der Waals surface area contributed by atoms with Crippen molar-refractivity contribution in [2.75, 3.05) is 18.5 Å². The van der Waals surface area contributed by atoms with Crippen molar-refractivity contribution in [1.29, 1.82) is 0 Å². The Bertz CT molecular complexity index is 1060.